The molecule has 0 unspecified atom stereocenters. The van der Waals surface area contributed by atoms with Gasteiger partial charge in [0.05, 0.1) is 86.0 Å². The summed E-state index contributed by atoms with van der Waals surface area (Å²) in [6.45, 7) is 14.8. The van der Waals surface area contributed by atoms with Crippen molar-refractivity contribution in [2.45, 2.75) is 93.9 Å². The highest BCUT2D eigenvalue weighted by atomic mass is 32.2. The first-order chi connectivity index (χ1) is 48.2. The SMILES string of the molecule is CCn1cc(S(=O)(=O)NCCC[C@H](c2ccc(OC)c(OC)c2)N2C(=O)c3cccc(N4CCN([C@H](C)c5ccccc5)CC4)c3C2=O)cn1.COc1ccc([C@@H](CCCNS(=O)(=O)c2cn(C)nc2C)N2C(=O)c3cccc(N4CCN([C@H](C)c5ccccc5)CC4)c3C2=O)cc1OC. The molecule has 2 aromatic heterocycles. The van der Waals surface area contributed by atoms with Gasteiger partial charge in [-0.05, 0) is 124 Å². The molecule has 12 rings (SSSR count). The van der Waals surface area contributed by atoms with Gasteiger partial charge in [0.15, 0.2) is 23.0 Å². The first-order valence-corrected chi connectivity index (χ1v) is 36.7. The summed E-state index contributed by atoms with van der Waals surface area (Å²) in [5, 5.41) is 8.21. The number of sulfonamides is 2. The molecule has 2 saturated heterocycles. The van der Waals surface area contributed by atoms with E-state index < -0.39 is 32.1 Å². The summed E-state index contributed by atoms with van der Waals surface area (Å²) in [7, 11) is 0.212. The van der Waals surface area contributed by atoms with E-state index in [2.05, 4.69) is 102 Å². The summed E-state index contributed by atoms with van der Waals surface area (Å²) in [5.74, 6) is 0.456. The average molecular weight is 1400 g/mol. The lowest BCUT2D eigenvalue weighted by molar-refractivity contribution is 0.0557. The Hall–Kier alpha value is -9.44. The van der Waals surface area contributed by atoms with Gasteiger partial charge >= 0.3 is 0 Å². The first-order valence-electron chi connectivity index (χ1n) is 33.8. The topological polar surface area (TPSA) is 253 Å². The maximum absolute atomic E-state index is 14.4. The fraction of sp³-hybridized carbons (Fsp3) is 0.378. The molecule has 8 aromatic rings. The molecule has 4 atom stereocenters. The molecule has 0 radical (unpaired) electrons. The van der Waals surface area contributed by atoms with Crippen molar-refractivity contribution < 1.29 is 55.0 Å². The van der Waals surface area contributed by atoms with Gasteiger partial charge in [-0.25, -0.2) is 26.3 Å². The number of anilines is 2. The third kappa shape index (κ3) is 15.2. The van der Waals surface area contributed by atoms with Gasteiger partial charge in [-0.3, -0.25) is 48.1 Å². The summed E-state index contributed by atoms with van der Waals surface area (Å²) in [6.07, 6.45) is 5.57. The van der Waals surface area contributed by atoms with Crippen molar-refractivity contribution in [1.82, 2.24) is 48.6 Å². The number of methoxy groups -OCH3 is 4. The lowest BCUT2D eigenvalue weighted by atomic mass is 9.99. The normalized spacial score (nSPS) is 16.4. The summed E-state index contributed by atoms with van der Waals surface area (Å²) in [6, 6.07) is 41.6. The number of piperazine rings is 2. The Kier molecular flexibility index (Phi) is 22.6. The van der Waals surface area contributed by atoms with Crippen LogP contribution >= 0.6 is 0 Å². The van der Waals surface area contributed by atoms with Crippen LogP contribution in [0, 0.1) is 6.92 Å². The predicted molar refractivity (Wildman–Crippen MR) is 380 cm³/mol. The second kappa shape index (κ2) is 31.4. The van der Waals surface area contributed by atoms with Crippen molar-refractivity contribution in [3.8, 4) is 23.0 Å². The smallest absolute Gasteiger partial charge is 0.264 e. The Labute approximate surface area is 585 Å². The van der Waals surface area contributed by atoms with Crippen LogP contribution in [-0.4, -0.2) is 174 Å². The molecule has 0 spiro atoms. The van der Waals surface area contributed by atoms with Gasteiger partial charge in [-0.15, -0.1) is 0 Å². The molecular formula is C74H88N12O12S2. The van der Waals surface area contributed by atoms with Crippen LogP contribution in [0.4, 0.5) is 11.4 Å². The Morgan fingerprint density at radius 1 is 0.500 bits per heavy atom. The van der Waals surface area contributed by atoms with Gasteiger partial charge in [-0.1, -0.05) is 84.9 Å². The molecule has 4 amide bonds. The zero-order valence-corrected chi connectivity index (χ0v) is 59.7. The lowest BCUT2D eigenvalue weighted by Gasteiger charge is -2.39. The van der Waals surface area contributed by atoms with Crippen LogP contribution < -0.4 is 38.2 Å². The van der Waals surface area contributed by atoms with Crippen molar-refractivity contribution in [1.29, 1.82) is 0 Å². The monoisotopic (exact) mass is 1400 g/mol. The molecular weight excluding hydrogens is 1310 g/mol. The molecule has 6 heterocycles. The Morgan fingerprint density at radius 2 is 0.930 bits per heavy atom. The van der Waals surface area contributed by atoms with Crippen LogP contribution in [0.1, 0.15) is 140 Å². The molecule has 4 aliphatic rings. The molecule has 2 fully saturated rings. The highest BCUT2D eigenvalue weighted by Crippen LogP contribution is 2.43. The zero-order valence-electron chi connectivity index (χ0n) is 58.0. The number of nitrogens with one attached hydrogen (secondary N) is 2. The first kappa shape index (κ1) is 71.8. The third-order valence-corrected chi connectivity index (χ3v) is 22.4. The Balaban J connectivity index is 0.000000202. The molecule has 6 aromatic carbocycles. The van der Waals surface area contributed by atoms with Crippen LogP contribution in [0.25, 0.3) is 0 Å². The maximum Gasteiger partial charge on any atom is 0.264 e. The average Bonchev–Trinajstić information content (AvgIpc) is 1.60. The lowest BCUT2D eigenvalue weighted by Crippen LogP contribution is -2.47. The molecule has 24 nitrogen and oxygen atoms in total. The minimum atomic E-state index is -3.81. The molecule has 0 aliphatic carbocycles. The minimum Gasteiger partial charge on any atom is -0.493 e. The number of benzene rings is 6. The van der Waals surface area contributed by atoms with Crippen LogP contribution in [0.2, 0.25) is 0 Å². The molecule has 4 aliphatic heterocycles. The van der Waals surface area contributed by atoms with Crippen molar-refractivity contribution >= 4 is 55.1 Å². The van der Waals surface area contributed by atoms with Gasteiger partial charge in [0, 0.05) is 104 Å². The molecule has 528 valence electrons. The largest absolute Gasteiger partial charge is 0.493 e. The summed E-state index contributed by atoms with van der Waals surface area (Å²) in [4.78, 5) is 69.2. The van der Waals surface area contributed by atoms with Crippen molar-refractivity contribution in [2.24, 2.45) is 7.05 Å². The number of aromatic nitrogens is 4. The number of carbonyl (C=O) groups excluding carboxylic acids is 4. The summed E-state index contributed by atoms with van der Waals surface area (Å²) < 4.78 is 82.3. The number of hydrogen-bond donors (Lipinski definition) is 2. The van der Waals surface area contributed by atoms with E-state index in [1.165, 1.54) is 58.4 Å². The fourth-order valence-corrected chi connectivity index (χ4v) is 16.2. The number of carbonyl (C=O) groups is 4. The summed E-state index contributed by atoms with van der Waals surface area (Å²) in [5.41, 5.74) is 7.32. The number of aryl methyl sites for hydroxylation is 3. The molecule has 0 saturated carbocycles. The van der Waals surface area contributed by atoms with Gasteiger partial charge in [-0.2, -0.15) is 10.2 Å². The number of amides is 4. The number of imide groups is 2. The van der Waals surface area contributed by atoms with E-state index >= 15 is 0 Å². The van der Waals surface area contributed by atoms with E-state index in [0.29, 0.717) is 120 Å². The number of fused-ring (bicyclic) bond motifs is 2. The van der Waals surface area contributed by atoms with E-state index in [-0.39, 0.29) is 58.6 Å². The highest BCUT2D eigenvalue weighted by Gasteiger charge is 2.45. The van der Waals surface area contributed by atoms with Crippen molar-refractivity contribution in [2.75, 3.05) is 104 Å². The van der Waals surface area contributed by atoms with Crippen LogP contribution in [-0.2, 0) is 33.6 Å². The van der Waals surface area contributed by atoms with E-state index in [1.54, 1.807) is 69.3 Å². The van der Waals surface area contributed by atoms with Gasteiger partial charge in [0.25, 0.3) is 23.6 Å². The predicted octanol–water partition coefficient (Wildman–Crippen LogP) is 9.62. The summed E-state index contributed by atoms with van der Waals surface area (Å²) >= 11 is 0. The molecule has 0 bridgehead atoms. The number of rotatable bonds is 27. The van der Waals surface area contributed by atoms with E-state index in [0.717, 1.165) is 37.6 Å². The van der Waals surface area contributed by atoms with Crippen LogP contribution in [0.3, 0.4) is 0 Å². The number of hydrogen-bond acceptors (Lipinski definition) is 18. The van der Waals surface area contributed by atoms with Crippen LogP contribution in [0.15, 0.2) is 162 Å². The molecule has 2 N–H and O–H groups in total. The van der Waals surface area contributed by atoms with E-state index in [4.69, 9.17) is 18.9 Å². The van der Waals surface area contributed by atoms with Crippen molar-refractivity contribution in [3.05, 3.63) is 202 Å². The standard InChI is InChI=1S/2C37H44N6O6S/c1-25-34(24-40(3)39-25)50(46,47)38-18-10-15-30(28-16-17-32(48-4)33(23-28)49-5)43-36(44)29-13-9-14-31(35(29)37(43)45)42-21-19-41(20-22-42)26(2)27-11-7-6-8-12-27;1-5-42-25-29(24-38-42)50(46,47)39-18-10-15-31(28-16-17-33(48-3)34(23-28)49-4)43-36(44)30-13-9-14-32(35(30)37(43)45)41-21-19-40(20-22-41)26(2)27-11-7-6-8-12-27/h6-9,11-14,16-17,23-24,26,30,38H,10,15,18-22H2,1-5H3;6-9,11-14,16-17,23-26,31,39H,5,10,15,18-22H2,1-4H3/t26-,30-;26-,31-/m11/s1. The van der Waals surface area contributed by atoms with Gasteiger partial charge in [0.2, 0.25) is 20.0 Å². The Bertz CT molecular complexity index is 4480. The second-order valence-electron chi connectivity index (χ2n) is 25.2. The van der Waals surface area contributed by atoms with Gasteiger partial charge < -0.3 is 28.7 Å². The van der Waals surface area contributed by atoms with Crippen LogP contribution in [0.5, 0.6) is 23.0 Å². The van der Waals surface area contributed by atoms with Gasteiger partial charge in [0.1, 0.15) is 9.79 Å². The number of ether oxygens (including phenoxy) is 4. The van der Waals surface area contributed by atoms with Crippen molar-refractivity contribution in [3.63, 3.8) is 0 Å². The van der Waals surface area contributed by atoms with E-state index in [1.807, 2.05) is 55.5 Å². The molecule has 100 heavy (non-hydrogen) atoms. The fourth-order valence-electron chi connectivity index (χ4n) is 13.9. The maximum atomic E-state index is 14.4. The third-order valence-electron chi connectivity index (χ3n) is 19.4. The number of nitrogens with zero attached hydrogens (tertiary/aromatic N) is 10. The zero-order chi connectivity index (χ0) is 71.0. The van der Waals surface area contributed by atoms with E-state index in [9.17, 15) is 36.0 Å². The second-order valence-corrected chi connectivity index (χ2v) is 28.7. The Morgan fingerprint density at radius 3 is 1.32 bits per heavy atom. The molecule has 26 heteroatoms. The highest BCUT2D eigenvalue weighted by molar-refractivity contribution is 7.89. The minimum absolute atomic E-state index is 0.0824. The quantitative estimate of drug-likeness (QED) is 0.0359.